The van der Waals surface area contributed by atoms with Crippen molar-refractivity contribution in [2.45, 2.75) is 19.4 Å². The molecule has 0 aromatic heterocycles. The van der Waals surface area contributed by atoms with Crippen molar-refractivity contribution in [3.8, 4) is 0 Å². The molecule has 3 N–H and O–H groups in total. The van der Waals surface area contributed by atoms with Gasteiger partial charge in [-0.1, -0.05) is 6.92 Å². The van der Waals surface area contributed by atoms with Crippen LogP contribution in [0.3, 0.4) is 0 Å². The number of nitrogens with one attached hydrogen (secondary N) is 1. The SMILES string of the molecule is C[C@H]1C[C@@H](C(=O)NN)N(C)C1.[HH]. The maximum absolute atomic E-state index is 11.1. The lowest BCUT2D eigenvalue weighted by Gasteiger charge is -2.16. The molecule has 0 aliphatic carbocycles. The first-order chi connectivity index (χ1) is 5.15. The van der Waals surface area contributed by atoms with Crippen LogP contribution in [0.4, 0.5) is 0 Å². The van der Waals surface area contributed by atoms with Crippen LogP contribution in [0.2, 0.25) is 0 Å². The van der Waals surface area contributed by atoms with E-state index in [1.807, 2.05) is 11.9 Å². The van der Waals surface area contributed by atoms with E-state index in [1.54, 1.807) is 0 Å². The van der Waals surface area contributed by atoms with Gasteiger partial charge in [0.2, 0.25) is 0 Å². The van der Waals surface area contributed by atoms with Crippen LogP contribution in [-0.2, 0) is 4.79 Å². The molecule has 66 valence electrons. The Labute approximate surface area is 68.2 Å². The first-order valence-corrected chi connectivity index (χ1v) is 3.86. The van der Waals surface area contributed by atoms with E-state index >= 15 is 0 Å². The first-order valence-electron chi connectivity index (χ1n) is 3.86. The molecule has 1 fully saturated rings. The third kappa shape index (κ3) is 1.70. The van der Waals surface area contributed by atoms with Gasteiger partial charge in [0.1, 0.15) is 0 Å². The lowest BCUT2D eigenvalue weighted by molar-refractivity contribution is -0.125. The normalized spacial score (nSPS) is 32.3. The van der Waals surface area contributed by atoms with Crippen LogP contribution in [0.15, 0.2) is 0 Å². The minimum Gasteiger partial charge on any atom is -0.295 e. The summed E-state index contributed by atoms with van der Waals surface area (Å²) in [5, 5.41) is 0. The van der Waals surface area contributed by atoms with Gasteiger partial charge < -0.3 is 0 Å². The van der Waals surface area contributed by atoms with Gasteiger partial charge >= 0.3 is 0 Å². The third-order valence-electron chi connectivity index (χ3n) is 2.20. The Balaban J connectivity index is 0.00000121. The van der Waals surface area contributed by atoms with Crippen molar-refractivity contribution < 1.29 is 6.22 Å². The number of hydrogen-bond acceptors (Lipinski definition) is 3. The van der Waals surface area contributed by atoms with Gasteiger partial charge in [-0.3, -0.25) is 15.1 Å². The summed E-state index contributed by atoms with van der Waals surface area (Å²) in [6, 6.07) is -0.0185. The number of amides is 1. The molecule has 11 heavy (non-hydrogen) atoms. The number of likely N-dealkylation sites (tertiary alicyclic amines) is 1. The minimum atomic E-state index is -0.0724. The summed E-state index contributed by atoms with van der Waals surface area (Å²) in [4.78, 5) is 13.1. The quantitative estimate of drug-likeness (QED) is 0.310. The maximum atomic E-state index is 11.1. The van der Waals surface area contributed by atoms with Gasteiger partial charge in [0.25, 0.3) is 5.91 Å². The van der Waals surface area contributed by atoms with Crippen LogP contribution in [-0.4, -0.2) is 30.4 Å². The van der Waals surface area contributed by atoms with Crippen molar-refractivity contribution in [3.05, 3.63) is 0 Å². The van der Waals surface area contributed by atoms with E-state index in [-0.39, 0.29) is 13.4 Å². The van der Waals surface area contributed by atoms with E-state index in [9.17, 15) is 4.79 Å². The van der Waals surface area contributed by atoms with Gasteiger partial charge in [-0.05, 0) is 19.4 Å². The number of carbonyl (C=O) groups is 1. The molecule has 1 aliphatic rings. The Morgan fingerprint density at radius 2 is 2.45 bits per heavy atom. The lowest BCUT2D eigenvalue weighted by Crippen LogP contribution is -2.44. The molecule has 1 rings (SSSR count). The largest absolute Gasteiger partial charge is 0.295 e. The van der Waals surface area contributed by atoms with E-state index < -0.39 is 0 Å². The van der Waals surface area contributed by atoms with Gasteiger partial charge in [-0.2, -0.15) is 0 Å². The summed E-state index contributed by atoms with van der Waals surface area (Å²) >= 11 is 0. The van der Waals surface area contributed by atoms with Gasteiger partial charge in [0, 0.05) is 7.97 Å². The monoisotopic (exact) mass is 159 g/mol. The topological polar surface area (TPSA) is 58.4 Å². The molecule has 0 radical (unpaired) electrons. The summed E-state index contributed by atoms with van der Waals surface area (Å²) in [7, 11) is 1.95. The number of carbonyl (C=O) groups excluding carboxylic acids is 1. The molecule has 1 aliphatic heterocycles. The van der Waals surface area contributed by atoms with Crippen molar-refractivity contribution in [2.75, 3.05) is 13.6 Å². The Morgan fingerprint density at radius 1 is 1.82 bits per heavy atom. The van der Waals surface area contributed by atoms with Gasteiger partial charge in [0.05, 0.1) is 6.04 Å². The minimum absolute atomic E-state index is 0. The van der Waals surface area contributed by atoms with Crippen LogP contribution in [0, 0.1) is 5.92 Å². The first kappa shape index (κ1) is 8.49. The molecule has 1 saturated heterocycles. The standard InChI is InChI=1S/C7H15N3O.H2/c1-5-3-6(7(11)9-8)10(2)4-5;/h5-6H,3-4,8H2,1-2H3,(H,9,11);1H/t5-,6-;/m0./s1. The van der Waals surface area contributed by atoms with Crippen molar-refractivity contribution in [3.63, 3.8) is 0 Å². The molecule has 4 nitrogen and oxygen atoms in total. The van der Waals surface area contributed by atoms with Gasteiger partial charge in [0.15, 0.2) is 0 Å². The highest BCUT2D eigenvalue weighted by Crippen LogP contribution is 2.20. The summed E-state index contributed by atoms with van der Waals surface area (Å²) in [6.07, 6.45) is 0.916. The average Bonchev–Trinajstić information content (AvgIpc) is 2.28. The van der Waals surface area contributed by atoms with Crippen LogP contribution in [0.25, 0.3) is 0 Å². The smallest absolute Gasteiger partial charge is 0.251 e. The number of rotatable bonds is 1. The zero-order valence-corrected chi connectivity index (χ0v) is 7.00. The Hall–Kier alpha value is -0.610. The molecule has 0 spiro atoms. The average molecular weight is 159 g/mol. The molecule has 0 aromatic carbocycles. The fourth-order valence-electron chi connectivity index (χ4n) is 1.66. The second-order valence-corrected chi connectivity index (χ2v) is 3.30. The van der Waals surface area contributed by atoms with Crippen LogP contribution in [0.5, 0.6) is 0 Å². The van der Waals surface area contributed by atoms with E-state index in [1.165, 1.54) is 0 Å². The Morgan fingerprint density at radius 3 is 2.82 bits per heavy atom. The fraction of sp³-hybridized carbons (Fsp3) is 0.857. The number of likely N-dealkylation sites (N-methyl/N-ethyl adjacent to an activating group) is 1. The van der Waals surface area contributed by atoms with Gasteiger partial charge in [-0.15, -0.1) is 0 Å². The molecule has 0 bridgehead atoms. The highest BCUT2D eigenvalue weighted by Gasteiger charge is 2.31. The summed E-state index contributed by atoms with van der Waals surface area (Å²) in [5.41, 5.74) is 2.18. The highest BCUT2D eigenvalue weighted by molar-refractivity contribution is 5.81. The molecule has 0 unspecified atom stereocenters. The molecule has 0 saturated carbocycles. The number of nitrogens with zero attached hydrogens (tertiary/aromatic N) is 1. The molecule has 4 heteroatoms. The molecule has 1 amide bonds. The number of nitrogens with two attached hydrogens (primary N) is 1. The van der Waals surface area contributed by atoms with Crippen molar-refractivity contribution in [1.82, 2.24) is 10.3 Å². The number of hydrazine groups is 1. The van der Waals surface area contributed by atoms with Crippen LogP contribution >= 0.6 is 0 Å². The summed E-state index contributed by atoms with van der Waals surface area (Å²) in [6.45, 7) is 3.12. The summed E-state index contributed by atoms with van der Waals surface area (Å²) in [5.74, 6) is 5.56. The number of hydrogen-bond donors (Lipinski definition) is 2. The maximum Gasteiger partial charge on any atom is 0.251 e. The Kier molecular flexibility index (Phi) is 2.46. The lowest BCUT2D eigenvalue weighted by atomic mass is 10.1. The van der Waals surface area contributed by atoms with Crippen LogP contribution in [0.1, 0.15) is 14.8 Å². The molecule has 0 aromatic rings. The second kappa shape index (κ2) is 3.19. The van der Waals surface area contributed by atoms with Crippen molar-refractivity contribution in [2.24, 2.45) is 11.8 Å². The zero-order chi connectivity index (χ0) is 8.43. The third-order valence-corrected chi connectivity index (χ3v) is 2.20. The predicted molar refractivity (Wildman–Crippen MR) is 44.6 cm³/mol. The Bertz CT molecular complexity index is 165. The van der Waals surface area contributed by atoms with E-state index in [0.717, 1.165) is 13.0 Å². The van der Waals surface area contributed by atoms with Crippen LogP contribution < -0.4 is 11.3 Å². The van der Waals surface area contributed by atoms with Crippen molar-refractivity contribution >= 4 is 5.91 Å². The summed E-state index contributed by atoms with van der Waals surface area (Å²) < 4.78 is 0. The molecular formula is C7H17N3O. The van der Waals surface area contributed by atoms with Gasteiger partial charge in [-0.25, -0.2) is 5.84 Å². The van der Waals surface area contributed by atoms with E-state index in [4.69, 9.17) is 5.84 Å². The molecule has 1 heterocycles. The van der Waals surface area contributed by atoms with E-state index in [0.29, 0.717) is 5.92 Å². The zero-order valence-electron chi connectivity index (χ0n) is 7.00. The molecule has 2 atom stereocenters. The predicted octanol–water partition coefficient (Wildman–Crippen LogP) is -0.437. The molecular weight excluding hydrogens is 142 g/mol. The van der Waals surface area contributed by atoms with Crippen molar-refractivity contribution in [1.29, 1.82) is 0 Å². The second-order valence-electron chi connectivity index (χ2n) is 3.30. The highest BCUT2D eigenvalue weighted by atomic mass is 16.2. The fourth-order valence-corrected chi connectivity index (χ4v) is 1.66. The van der Waals surface area contributed by atoms with E-state index in [2.05, 4.69) is 12.3 Å².